The van der Waals surface area contributed by atoms with Crippen LogP contribution < -0.4 is 10.1 Å². The van der Waals surface area contributed by atoms with Gasteiger partial charge in [0.05, 0.1) is 12.5 Å². The molecule has 114 valence electrons. The number of ether oxygens (including phenoxy) is 1. The van der Waals surface area contributed by atoms with Crippen molar-refractivity contribution in [1.82, 2.24) is 15.3 Å². The Morgan fingerprint density at radius 1 is 1.27 bits per heavy atom. The van der Waals surface area contributed by atoms with Crippen LogP contribution in [0.25, 0.3) is 0 Å². The molecule has 0 radical (unpaired) electrons. The molecule has 2 heterocycles. The molecule has 1 aromatic heterocycles. The maximum absolute atomic E-state index is 12.3. The Morgan fingerprint density at radius 3 is 2.77 bits per heavy atom. The third kappa shape index (κ3) is 3.24. The monoisotopic (exact) mass is 297 g/mol. The molecule has 1 amide bonds. The summed E-state index contributed by atoms with van der Waals surface area (Å²) in [6.45, 7) is 4.61. The van der Waals surface area contributed by atoms with E-state index in [4.69, 9.17) is 4.74 Å². The van der Waals surface area contributed by atoms with Gasteiger partial charge in [-0.1, -0.05) is 18.2 Å². The van der Waals surface area contributed by atoms with Crippen molar-refractivity contribution in [2.24, 2.45) is 5.92 Å². The van der Waals surface area contributed by atoms with Crippen LogP contribution in [-0.4, -0.2) is 22.5 Å². The summed E-state index contributed by atoms with van der Waals surface area (Å²) in [5.41, 5.74) is 2.90. The zero-order valence-corrected chi connectivity index (χ0v) is 12.8. The van der Waals surface area contributed by atoms with Crippen molar-refractivity contribution in [1.29, 1.82) is 0 Å². The minimum absolute atomic E-state index is 0.0164. The van der Waals surface area contributed by atoms with Crippen LogP contribution in [0, 0.1) is 19.8 Å². The minimum Gasteiger partial charge on any atom is -0.492 e. The first-order chi connectivity index (χ1) is 10.6. The molecule has 3 rings (SSSR count). The normalized spacial score (nSPS) is 16.5. The lowest BCUT2D eigenvalue weighted by molar-refractivity contribution is -0.126. The Kier molecular flexibility index (Phi) is 4.04. The van der Waals surface area contributed by atoms with Gasteiger partial charge in [0.1, 0.15) is 18.2 Å². The van der Waals surface area contributed by atoms with E-state index in [1.807, 2.05) is 44.2 Å². The number of carbonyl (C=O) groups excluding carboxylic acids is 1. The van der Waals surface area contributed by atoms with Crippen molar-refractivity contribution in [3.05, 3.63) is 53.1 Å². The Morgan fingerprint density at radius 2 is 2.00 bits per heavy atom. The van der Waals surface area contributed by atoms with Gasteiger partial charge in [-0.2, -0.15) is 0 Å². The first kappa shape index (κ1) is 14.5. The molecule has 5 heteroatoms. The Bertz CT molecular complexity index is 680. The van der Waals surface area contributed by atoms with Gasteiger partial charge < -0.3 is 10.1 Å². The van der Waals surface area contributed by atoms with E-state index in [2.05, 4.69) is 15.3 Å². The van der Waals surface area contributed by atoms with Gasteiger partial charge in [-0.25, -0.2) is 9.97 Å². The maximum Gasteiger partial charge on any atom is 0.227 e. The number of amides is 1. The summed E-state index contributed by atoms with van der Waals surface area (Å²) >= 11 is 0. The predicted octanol–water partition coefficient (Wildman–Crippen LogP) is 1.96. The van der Waals surface area contributed by atoms with E-state index in [9.17, 15) is 4.79 Å². The molecule has 0 aliphatic carbocycles. The number of rotatable bonds is 3. The van der Waals surface area contributed by atoms with Crippen LogP contribution in [0.3, 0.4) is 0 Å². The molecule has 22 heavy (non-hydrogen) atoms. The maximum atomic E-state index is 12.3. The van der Waals surface area contributed by atoms with Crippen molar-refractivity contribution in [3.63, 3.8) is 0 Å². The molecule has 0 fully saturated rings. The number of para-hydroxylation sites is 1. The number of nitrogens with zero attached hydrogens (tertiary/aromatic N) is 2. The largest absolute Gasteiger partial charge is 0.492 e. The van der Waals surface area contributed by atoms with Gasteiger partial charge >= 0.3 is 0 Å². The standard InChI is InChI=1S/C17H19N3O2/c1-11-7-12(2)20-16(19-11)9-18-17(21)14-8-13-5-3-4-6-15(13)22-10-14/h3-7,14H,8-10H2,1-2H3,(H,18,21). The number of nitrogens with one attached hydrogen (secondary N) is 1. The molecule has 0 saturated heterocycles. The number of aromatic nitrogens is 2. The second-order valence-electron chi connectivity index (χ2n) is 5.60. The molecule has 0 saturated carbocycles. The molecule has 5 nitrogen and oxygen atoms in total. The van der Waals surface area contributed by atoms with Gasteiger partial charge in [-0.15, -0.1) is 0 Å². The summed E-state index contributed by atoms with van der Waals surface area (Å²) in [6.07, 6.45) is 0.704. The number of fused-ring (bicyclic) bond motifs is 1. The number of aryl methyl sites for hydroxylation is 2. The highest BCUT2D eigenvalue weighted by molar-refractivity contribution is 5.79. The van der Waals surface area contributed by atoms with Crippen LogP contribution in [0.5, 0.6) is 5.75 Å². The Balaban J connectivity index is 1.61. The lowest BCUT2D eigenvalue weighted by Gasteiger charge is -2.24. The number of hydrogen-bond acceptors (Lipinski definition) is 4. The quantitative estimate of drug-likeness (QED) is 0.940. The van der Waals surface area contributed by atoms with Gasteiger partial charge in [-0.3, -0.25) is 4.79 Å². The van der Waals surface area contributed by atoms with E-state index < -0.39 is 0 Å². The summed E-state index contributed by atoms with van der Waals surface area (Å²) in [5, 5.41) is 2.91. The van der Waals surface area contributed by atoms with Crippen molar-refractivity contribution in [2.75, 3.05) is 6.61 Å². The van der Waals surface area contributed by atoms with Crippen molar-refractivity contribution in [3.8, 4) is 5.75 Å². The summed E-state index contributed by atoms with van der Waals surface area (Å²) in [5.74, 6) is 1.34. The summed E-state index contributed by atoms with van der Waals surface area (Å²) in [4.78, 5) is 21.0. The average molecular weight is 297 g/mol. The predicted molar refractivity (Wildman–Crippen MR) is 82.5 cm³/mol. The van der Waals surface area contributed by atoms with Gasteiger partial charge in [-0.05, 0) is 38.0 Å². The van der Waals surface area contributed by atoms with Crippen LogP contribution in [0.2, 0.25) is 0 Å². The van der Waals surface area contributed by atoms with Crippen molar-refractivity contribution >= 4 is 5.91 Å². The highest BCUT2D eigenvalue weighted by Crippen LogP contribution is 2.26. The minimum atomic E-state index is -0.166. The van der Waals surface area contributed by atoms with E-state index in [-0.39, 0.29) is 11.8 Å². The summed E-state index contributed by atoms with van der Waals surface area (Å²) in [6, 6.07) is 9.76. The third-order valence-corrected chi connectivity index (χ3v) is 3.70. The lowest BCUT2D eigenvalue weighted by atomic mass is 9.96. The number of hydrogen-bond donors (Lipinski definition) is 1. The fraction of sp³-hybridized carbons (Fsp3) is 0.353. The first-order valence-corrected chi connectivity index (χ1v) is 7.41. The molecular formula is C17H19N3O2. The Hall–Kier alpha value is -2.43. The molecule has 1 unspecified atom stereocenters. The molecule has 2 aromatic rings. The fourth-order valence-corrected chi connectivity index (χ4v) is 2.68. The SMILES string of the molecule is Cc1cc(C)nc(CNC(=O)C2COc3ccccc3C2)n1. The molecule has 1 N–H and O–H groups in total. The molecule has 1 atom stereocenters. The zero-order valence-electron chi connectivity index (χ0n) is 12.8. The van der Waals surface area contributed by atoms with E-state index in [1.54, 1.807) is 0 Å². The third-order valence-electron chi connectivity index (χ3n) is 3.70. The molecule has 1 aliphatic rings. The average Bonchev–Trinajstić information content (AvgIpc) is 2.51. The van der Waals surface area contributed by atoms with Gasteiger partial charge in [0.15, 0.2) is 0 Å². The van der Waals surface area contributed by atoms with Crippen LogP contribution in [0.4, 0.5) is 0 Å². The number of benzene rings is 1. The highest BCUT2D eigenvalue weighted by atomic mass is 16.5. The van der Waals surface area contributed by atoms with Crippen LogP contribution >= 0.6 is 0 Å². The van der Waals surface area contributed by atoms with E-state index in [0.29, 0.717) is 25.4 Å². The lowest BCUT2D eigenvalue weighted by Crippen LogP contribution is -2.37. The highest BCUT2D eigenvalue weighted by Gasteiger charge is 2.25. The van der Waals surface area contributed by atoms with Crippen LogP contribution in [0.15, 0.2) is 30.3 Å². The number of carbonyl (C=O) groups is 1. The second kappa shape index (κ2) is 6.13. The van der Waals surface area contributed by atoms with Crippen LogP contribution in [0.1, 0.15) is 22.8 Å². The van der Waals surface area contributed by atoms with Gasteiger partial charge in [0.2, 0.25) is 5.91 Å². The van der Waals surface area contributed by atoms with Gasteiger partial charge in [0, 0.05) is 11.4 Å². The topological polar surface area (TPSA) is 64.1 Å². The van der Waals surface area contributed by atoms with E-state index in [0.717, 1.165) is 22.7 Å². The summed E-state index contributed by atoms with van der Waals surface area (Å²) < 4.78 is 5.66. The molecule has 1 aliphatic heterocycles. The first-order valence-electron chi connectivity index (χ1n) is 7.41. The zero-order chi connectivity index (χ0) is 15.5. The Labute approximate surface area is 129 Å². The van der Waals surface area contributed by atoms with Crippen molar-refractivity contribution in [2.45, 2.75) is 26.8 Å². The van der Waals surface area contributed by atoms with E-state index in [1.165, 1.54) is 0 Å². The van der Waals surface area contributed by atoms with Gasteiger partial charge in [0.25, 0.3) is 0 Å². The molecule has 0 spiro atoms. The fourth-order valence-electron chi connectivity index (χ4n) is 2.68. The van der Waals surface area contributed by atoms with E-state index >= 15 is 0 Å². The van der Waals surface area contributed by atoms with Crippen LogP contribution in [-0.2, 0) is 17.8 Å². The molecule has 1 aromatic carbocycles. The molecular weight excluding hydrogens is 278 g/mol. The summed E-state index contributed by atoms with van der Waals surface area (Å²) in [7, 11) is 0. The second-order valence-corrected chi connectivity index (χ2v) is 5.60. The van der Waals surface area contributed by atoms with Crippen molar-refractivity contribution < 1.29 is 9.53 Å². The smallest absolute Gasteiger partial charge is 0.227 e. The molecule has 0 bridgehead atoms.